The van der Waals surface area contributed by atoms with Crippen LogP contribution in [0.5, 0.6) is 0 Å². The van der Waals surface area contributed by atoms with Crippen molar-refractivity contribution in [2.75, 3.05) is 49.6 Å². The average Bonchev–Trinajstić information content (AvgIpc) is 3.69. The third kappa shape index (κ3) is 6.47. The number of piperazine rings is 1. The average molecular weight is 496 g/mol. The van der Waals surface area contributed by atoms with E-state index in [1.54, 1.807) is 22.9 Å². The summed E-state index contributed by atoms with van der Waals surface area (Å²) in [6.07, 6.45) is 1.07. The second-order valence-electron chi connectivity index (χ2n) is 8.79. The number of carbonyl (C=O) groups is 1. The molecule has 4 rings (SSSR count). The number of rotatable bonds is 9. The van der Waals surface area contributed by atoms with Gasteiger partial charge in [0.05, 0.1) is 43.1 Å². The fourth-order valence-electron chi connectivity index (χ4n) is 3.91. The molecule has 1 aliphatic carbocycles. The molecule has 2 fully saturated rings. The van der Waals surface area contributed by atoms with Crippen LogP contribution in [-0.2, 0) is 15.7 Å². The van der Waals surface area contributed by atoms with Gasteiger partial charge in [-0.1, -0.05) is 0 Å². The van der Waals surface area contributed by atoms with E-state index in [0.29, 0.717) is 50.0 Å². The first-order valence-electron chi connectivity index (χ1n) is 11.5. The largest absolute Gasteiger partial charge is 0.419 e. The molecule has 1 saturated carbocycles. The van der Waals surface area contributed by atoms with Crippen molar-refractivity contribution in [2.24, 2.45) is 5.92 Å². The van der Waals surface area contributed by atoms with E-state index in [2.05, 4.69) is 25.5 Å². The van der Waals surface area contributed by atoms with Crippen LogP contribution in [0, 0.1) is 12.8 Å². The summed E-state index contributed by atoms with van der Waals surface area (Å²) in [5, 5.41) is 9.59. The van der Waals surface area contributed by atoms with Crippen molar-refractivity contribution in [1.82, 2.24) is 25.1 Å². The Morgan fingerprint density at radius 3 is 2.51 bits per heavy atom. The summed E-state index contributed by atoms with van der Waals surface area (Å²) in [5.41, 5.74) is 0.126. The van der Waals surface area contributed by atoms with Gasteiger partial charge in [0.15, 0.2) is 0 Å². The molecule has 2 aliphatic rings. The van der Waals surface area contributed by atoms with E-state index in [9.17, 15) is 22.8 Å². The molecule has 3 heterocycles. The van der Waals surface area contributed by atoms with Crippen molar-refractivity contribution in [3.63, 3.8) is 0 Å². The molecule has 0 spiro atoms. The van der Waals surface area contributed by atoms with Crippen molar-refractivity contribution < 1.29 is 22.7 Å². The minimum atomic E-state index is -4.47. The van der Waals surface area contributed by atoms with Crippen LogP contribution in [0.3, 0.4) is 0 Å². The van der Waals surface area contributed by atoms with Gasteiger partial charge in [0, 0.05) is 44.1 Å². The van der Waals surface area contributed by atoms with Gasteiger partial charge in [-0.2, -0.15) is 18.3 Å². The van der Waals surface area contributed by atoms with Gasteiger partial charge in [-0.05, 0) is 25.7 Å². The van der Waals surface area contributed by atoms with Gasteiger partial charge in [-0.15, -0.1) is 0 Å². The molecule has 0 aromatic carbocycles. The minimum absolute atomic E-state index is 0.0384. The molecule has 1 amide bonds. The fraction of sp³-hybridized carbons (Fsp3) is 0.591. The number of halogens is 3. The number of hydrogen-bond donors (Lipinski definition) is 2. The summed E-state index contributed by atoms with van der Waals surface area (Å²) in [4.78, 5) is 35.4. The van der Waals surface area contributed by atoms with Gasteiger partial charge >= 0.3 is 6.18 Å². The predicted molar refractivity (Wildman–Crippen MR) is 121 cm³/mol. The van der Waals surface area contributed by atoms with Gasteiger partial charge in [0.1, 0.15) is 0 Å². The van der Waals surface area contributed by atoms with Crippen LogP contribution in [0.1, 0.15) is 30.4 Å². The number of amides is 1. The molecule has 2 N–H and O–H groups in total. The maximum atomic E-state index is 12.7. The Balaban J connectivity index is 1.19. The molecule has 10 nitrogen and oxygen atoms in total. The molecule has 1 atom stereocenters. The summed E-state index contributed by atoms with van der Waals surface area (Å²) >= 11 is 0. The number of aromatic nitrogens is 4. The van der Waals surface area contributed by atoms with E-state index in [4.69, 9.17) is 4.74 Å². The first-order valence-corrected chi connectivity index (χ1v) is 11.5. The molecule has 13 heteroatoms. The predicted octanol–water partition coefficient (Wildman–Crippen LogP) is 1.83. The molecule has 0 unspecified atom stereocenters. The summed E-state index contributed by atoms with van der Waals surface area (Å²) in [6, 6.07) is 0.0414. The number of carbonyl (C=O) groups excluding carboxylic acids is 1. The molecule has 2 aromatic rings. The number of H-pyrrole nitrogens is 1. The second kappa shape index (κ2) is 10.6. The number of alkyl halides is 3. The molecule has 0 radical (unpaired) electrons. The van der Waals surface area contributed by atoms with Crippen LogP contribution in [0.25, 0.3) is 0 Å². The van der Waals surface area contributed by atoms with Crippen molar-refractivity contribution in [3.8, 4) is 0 Å². The smallest absolute Gasteiger partial charge is 0.379 e. The first-order chi connectivity index (χ1) is 16.7. The van der Waals surface area contributed by atoms with Gasteiger partial charge in [-0.3, -0.25) is 9.59 Å². The summed E-state index contributed by atoms with van der Waals surface area (Å²) in [6.45, 7) is 4.18. The topological polar surface area (TPSA) is 116 Å². The number of hydrogen-bond acceptors (Lipinski definition) is 8. The van der Waals surface area contributed by atoms with Crippen molar-refractivity contribution in [2.45, 2.75) is 38.4 Å². The van der Waals surface area contributed by atoms with Crippen LogP contribution in [0.15, 0.2) is 23.4 Å². The zero-order valence-corrected chi connectivity index (χ0v) is 19.3. The van der Waals surface area contributed by atoms with Crippen LogP contribution in [-0.4, -0.2) is 76.4 Å². The lowest BCUT2D eigenvalue weighted by molar-refractivity contribution is -0.138. The van der Waals surface area contributed by atoms with Gasteiger partial charge in [0.25, 0.3) is 5.56 Å². The van der Waals surface area contributed by atoms with E-state index in [-0.39, 0.29) is 36.5 Å². The Morgan fingerprint density at radius 2 is 1.89 bits per heavy atom. The fourth-order valence-corrected chi connectivity index (χ4v) is 3.91. The van der Waals surface area contributed by atoms with E-state index >= 15 is 0 Å². The summed E-state index contributed by atoms with van der Waals surface area (Å²) in [7, 11) is 0. The van der Waals surface area contributed by atoms with Crippen LogP contribution < -0.4 is 15.8 Å². The highest BCUT2D eigenvalue weighted by molar-refractivity contribution is 5.76. The summed E-state index contributed by atoms with van der Waals surface area (Å²) < 4.78 is 43.8. The number of ether oxygens (including phenoxy) is 1. The van der Waals surface area contributed by atoms with Gasteiger partial charge in [-0.25, -0.2) is 15.1 Å². The Morgan fingerprint density at radius 1 is 1.20 bits per heavy atom. The summed E-state index contributed by atoms with van der Waals surface area (Å²) in [5.74, 6) is 0.645. The maximum Gasteiger partial charge on any atom is 0.419 e. The Hall–Kier alpha value is -3.22. The highest BCUT2D eigenvalue weighted by Crippen LogP contribution is 2.34. The van der Waals surface area contributed by atoms with Gasteiger partial charge in [0.2, 0.25) is 11.9 Å². The minimum Gasteiger partial charge on any atom is -0.379 e. The standard InChI is InChI=1S/C22H28F3N7O3/c1-14-17(12-28-30-20(14)34)29-18(15-2-3-15)13-35-9-4-19(33)31-5-7-32(8-6-31)21-26-10-16(11-27-21)22(23,24)25/h10-12,15,18H,2-9,13H2,1H3,(H2,29,30,34)/t18-/m1/s1. The quantitative estimate of drug-likeness (QED) is 0.507. The normalized spacial score (nSPS) is 17.4. The first kappa shape index (κ1) is 24.9. The third-order valence-electron chi connectivity index (χ3n) is 6.27. The SMILES string of the molecule is Cc1c(N[C@H](COCCC(=O)N2CCN(c3ncc(C(F)(F)F)cn3)CC2)C2CC2)cn[nH]c1=O. The molecular weight excluding hydrogens is 467 g/mol. The van der Waals surface area contributed by atoms with Gasteiger partial charge < -0.3 is 19.9 Å². The van der Waals surface area contributed by atoms with E-state index in [1.165, 1.54) is 0 Å². The number of nitrogens with one attached hydrogen (secondary N) is 2. The monoisotopic (exact) mass is 495 g/mol. The Labute approximate surface area is 199 Å². The van der Waals surface area contributed by atoms with E-state index in [1.807, 2.05) is 0 Å². The highest BCUT2D eigenvalue weighted by Gasteiger charge is 2.33. The molecule has 1 saturated heterocycles. The molecule has 35 heavy (non-hydrogen) atoms. The second-order valence-corrected chi connectivity index (χ2v) is 8.79. The third-order valence-corrected chi connectivity index (χ3v) is 6.27. The van der Waals surface area contributed by atoms with Crippen LogP contribution in [0.2, 0.25) is 0 Å². The zero-order chi connectivity index (χ0) is 25.0. The molecular formula is C22H28F3N7O3. The Bertz CT molecular complexity index is 1070. The van der Waals surface area contributed by atoms with Crippen molar-refractivity contribution in [3.05, 3.63) is 40.1 Å². The lowest BCUT2D eigenvalue weighted by atomic mass is 10.1. The number of anilines is 2. The molecule has 2 aromatic heterocycles. The zero-order valence-electron chi connectivity index (χ0n) is 19.3. The van der Waals surface area contributed by atoms with Crippen LogP contribution in [0.4, 0.5) is 24.8 Å². The van der Waals surface area contributed by atoms with Crippen molar-refractivity contribution in [1.29, 1.82) is 0 Å². The maximum absolute atomic E-state index is 12.7. The van der Waals surface area contributed by atoms with E-state index < -0.39 is 11.7 Å². The lowest BCUT2D eigenvalue weighted by Gasteiger charge is -2.34. The van der Waals surface area contributed by atoms with E-state index in [0.717, 1.165) is 25.2 Å². The van der Waals surface area contributed by atoms with Crippen molar-refractivity contribution >= 4 is 17.5 Å². The highest BCUT2D eigenvalue weighted by atomic mass is 19.4. The Kier molecular flexibility index (Phi) is 7.53. The molecule has 190 valence electrons. The lowest BCUT2D eigenvalue weighted by Crippen LogP contribution is -2.49. The number of nitrogens with zero attached hydrogens (tertiary/aromatic N) is 5. The number of aromatic amines is 1. The molecule has 0 bridgehead atoms. The van der Waals surface area contributed by atoms with Crippen LogP contribution >= 0.6 is 0 Å². The molecule has 1 aliphatic heterocycles.